The van der Waals surface area contributed by atoms with Gasteiger partial charge in [0.15, 0.2) is 0 Å². The highest BCUT2D eigenvalue weighted by molar-refractivity contribution is 5.73. The number of carbonyl (C=O) groups is 1. The first-order valence-electron chi connectivity index (χ1n) is 7.93. The van der Waals surface area contributed by atoms with Gasteiger partial charge in [-0.1, -0.05) is 30.3 Å². The van der Waals surface area contributed by atoms with Crippen LogP contribution in [-0.4, -0.2) is 26.8 Å². The molecular weight excluding hydrogens is 323 g/mol. The topological polar surface area (TPSA) is 59.6 Å². The van der Waals surface area contributed by atoms with E-state index >= 15 is 0 Å². The van der Waals surface area contributed by atoms with Gasteiger partial charge in [0, 0.05) is 19.2 Å². The Morgan fingerprint density at radius 2 is 1.76 bits per heavy atom. The molecule has 0 fully saturated rings. The van der Waals surface area contributed by atoms with Gasteiger partial charge in [0.1, 0.15) is 17.2 Å². The van der Waals surface area contributed by atoms with Crippen molar-refractivity contribution in [2.45, 2.75) is 19.1 Å². The van der Waals surface area contributed by atoms with E-state index in [1.54, 1.807) is 32.2 Å². The van der Waals surface area contributed by atoms with Crippen molar-refractivity contribution in [2.75, 3.05) is 20.8 Å². The van der Waals surface area contributed by atoms with Gasteiger partial charge in [0.25, 0.3) is 0 Å². The van der Waals surface area contributed by atoms with Gasteiger partial charge in [0.05, 0.1) is 13.7 Å². The zero-order valence-electron chi connectivity index (χ0n) is 14.6. The molecule has 2 N–H and O–H groups in total. The fraction of sp³-hybridized carbons (Fsp3) is 0.316. The fourth-order valence-corrected chi connectivity index (χ4v) is 2.40. The second-order valence-electron chi connectivity index (χ2n) is 5.80. The van der Waals surface area contributed by atoms with Crippen molar-refractivity contribution < 1.29 is 18.7 Å². The van der Waals surface area contributed by atoms with Crippen molar-refractivity contribution >= 4 is 6.03 Å². The van der Waals surface area contributed by atoms with E-state index in [0.29, 0.717) is 12.1 Å². The molecule has 0 saturated heterocycles. The Morgan fingerprint density at radius 1 is 1.08 bits per heavy atom. The lowest BCUT2D eigenvalue weighted by Crippen LogP contribution is -2.44. The molecule has 1 atom stereocenters. The molecule has 6 heteroatoms. The predicted octanol–water partition coefficient (Wildman–Crippen LogP) is 3.20. The van der Waals surface area contributed by atoms with E-state index in [2.05, 4.69) is 10.6 Å². The van der Waals surface area contributed by atoms with Crippen molar-refractivity contribution in [2.24, 2.45) is 0 Å². The van der Waals surface area contributed by atoms with Gasteiger partial charge in [-0.05, 0) is 30.7 Å². The number of benzene rings is 2. The van der Waals surface area contributed by atoms with Crippen LogP contribution in [0.5, 0.6) is 5.75 Å². The van der Waals surface area contributed by atoms with Gasteiger partial charge >= 0.3 is 6.03 Å². The first-order valence-corrected chi connectivity index (χ1v) is 7.93. The minimum Gasteiger partial charge on any atom is -0.497 e. The van der Waals surface area contributed by atoms with Gasteiger partial charge in [-0.2, -0.15) is 0 Å². The number of methoxy groups -OCH3 is 2. The summed E-state index contributed by atoms with van der Waals surface area (Å²) in [4.78, 5) is 12.0. The zero-order valence-corrected chi connectivity index (χ0v) is 14.6. The fourth-order valence-electron chi connectivity index (χ4n) is 2.40. The first kappa shape index (κ1) is 18.7. The van der Waals surface area contributed by atoms with Crippen LogP contribution in [0.4, 0.5) is 9.18 Å². The molecule has 2 aromatic carbocycles. The Morgan fingerprint density at radius 3 is 2.36 bits per heavy atom. The van der Waals surface area contributed by atoms with Crippen LogP contribution >= 0.6 is 0 Å². The number of ether oxygens (including phenoxy) is 2. The number of halogens is 1. The molecule has 0 aliphatic carbocycles. The van der Waals surface area contributed by atoms with E-state index in [0.717, 1.165) is 11.3 Å². The van der Waals surface area contributed by atoms with Crippen LogP contribution in [0.15, 0.2) is 48.5 Å². The summed E-state index contributed by atoms with van der Waals surface area (Å²) in [6, 6.07) is 13.4. The van der Waals surface area contributed by atoms with Crippen LogP contribution in [0, 0.1) is 5.82 Å². The molecule has 2 aromatic rings. The third-order valence-electron chi connectivity index (χ3n) is 4.09. The summed E-state index contributed by atoms with van der Waals surface area (Å²) >= 11 is 0. The van der Waals surface area contributed by atoms with Crippen LogP contribution in [0.1, 0.15) is 18.1 Å². The predicted molar refractivity (Wildman–Crippen MR) is 94.0 cm³/mol. The normalized spacial score (nSPS) is 13.0. The summed E-state index contributed by atoms with van der Waals surface area (Å²) in [5, 5.41) is 5.49. The number of rotatable bonds is 7. The summed E-state index contributed by atoms with van der Waals surface area (Å²) in [5.74, 6) is 0.390. The Bertz CT molecular complexity index is 706. The van der Waals surface area contributed by atoms with Crippen LogP contribution in [0.25, 0.3) is 0 Å². The molecule has 0 aliphatic heterocycles. The van der Waals surface area contributed by atoms with Gasteiger partial charge < -0.3 is 20.1 Å². The lowest BCUT2D eigenvalue weighted by Gasteiger charge is -2.29. The Balaban J connectivity index is 1.90. The summed E-state index contributed by atoms with van der Waals surface area (Å²) in [6.45, 7) is 2.24. The highest BCUT2D eigenvalue weighted by Crippen LogP contribution is 2.26. The summed E-state index contributed by atoms with van der Waals surface area (Å²) in [7, 11) is 3.09. The lowest BCUT2D eigenvalue weighted by atomic mass is 9.95. The highest BCUT2D eigenvalue weighted by Gasteiger charge is 2.29. The first-order chi connectivity index (χ1) is 12.0. The quantitative estimate of drug-likeness (QED) is 0.809. The van der Waals surface area contributed by atoms with E-state index < -0.39 is 5.60 Å². The standard InChI is InChI=1S/C19H23FN2O3/c1-19(25-3,16-6-4-5-7-17(16)20)13-22-18(23)21-12-14-8-10-15(24-2)11-9-14/h4-11H,12-13H2,1-3H3,(H2,21,22,23). The minimum atomic E-state index is -0.956. The molecule has 25 heavy (non-hydrogen) atoms. The second-order valence-corrected chi connectivity index (χ2v) is 5.80. The van der Waals surface area contributed by atoms with Crippen molar-refractivity contribution in [1.82, 2.24) is 10.6 Å². The van der Waals surface area contributed by atoms with E-state index in [1.165, 1.54) is 13.2 Å². The summed E-state index contributed by atoms with van der Waals surface area (Å²) in [6.07, 6.45) is 0. The molecule has 0 bridgehead atoms. The van der Waals surface area contributed by atoms with Crippen molar-refractivity contribution in [3.05, 3.63) is 65.5 Å². The Kier molecular flexibility index (Phi) is 6.36. The zero-order chi connectivity index (χ0) is 18.3. The smallest absolute Gasteiger partial charge is 0.315 e. The molecule has 0 spiro atoms. The van der Waals surface area contributed by atoms with E-state index in [4.69, 9.17) is 9.47 Å². The molecule has 2 amide bonds. The van der Waals surface area contributed by atoms with E-state index in [-0.39, 0.29) is 18.4 Å². The number of nitrogens with one attached hydrogen (secondary N) is 2. The van der Waals surface area contributed by atoms with Crippen LogP contribution in [-0.2, 0) is 16.9 Å². The van der Waals surface area contributed by atoms with Gasteiger partial charge in [-0.25, -0.2) is 9.18 Å². The number of urea groups is 1. The Hall–Kier alpha value is -2.60. The number of hydrogen-bond acceptors (Lipinski definition) is 3. The molecule has 0 saturated carbocycles. The maximum absolute atomic E-state index is 14.0. The maximum Gasteiger partial charge on any atom is 0.315 e. The van der Waals surface area contributed by atoms with Crippen molar-refractivity contribution in [3.63, 3.8) is 0 Å². The Labute approximate surface area is 147 Å². The minimum absolute atomic E-state index is 0.138. The van der Waals surface area contributed by atoms with Crippen LogP contribution in [0.2, 0.25) is 0 Å². The molecule has 5 nitrogen and oxygen atoms in total. The third-order valence-corrected chi connectivity index (χ3v) is 4.09. The highest BCUT2D eigenvalue weighted by atomic mass is 19.1. The molecule has 0 radical (unpaired) electrons. The summed E-state index contributed by atoms with van der Waals surface area (Å²) < 4.78 is 24.5. The average molecular weight is 346 g/mol. The molecule has 2 rings (SSSR count). The molecule has 1 unspecified atom stereocenters. The third kappa shape index (κ3) is 4.93. The lowest BCUT2D eigenvalue weighted by molar-refractivity contribution is 0.00203. The summed E-state index contributed by atoms with van der Waals surface area (Å²) in [5.41, 5.74) is 0.385. The SMILES string of the molecule is COc1ccc(CNC(=O)NCC(C)(OC)c2ccccc2F)cc1. The van der Waals surface area contributed by atoms with E-state index in [1.807, 2.05) is 24.3 Å². The largest absolute Gasteiger partial charge is 0.497 e. The van der Waals surface area contributed by atoms with Crippen LogP contribution < -0.4 is 15.4 Å². The molecule has 0 heterocycles. The van der Waals surface area contributed by atoms with Gasteiger partial charge in [0.2, 0.25) is 0 Å². The monoisotopic (exact) mass is 346 g/mol. The van der Waals surface area contributed by atoms with Crippen molar-refractivity contribution in [3.8, 4) is 5.75 Å². The van der Waals surface area contributed by atoms with Crippen LogP contribution in [0.3, 0.4) is 0 Å². The molecule has 0 aliphatic rings. The van der Waals surface area contributed by atoms with Gasteiger partial charge in [-0.15, -0.1) is 0 Å². The average Bonchev–Trinajstić information content (AvgIpc) is 2.65. The number of carbonyl (C=O) groups excluding carboxylic acids is 1. The second kappa shape index (κ2) is 8.48. The maximum atomic E-state index is 14.0. The number of amides is 2. The molecule has 134 valence electrons. The van der Waals surface area contributed by atoms with E-state index in [9.17, 15) is 9.18 Å². The molecular formula is C19H23FN2O3. The number of hydrogen-bond donors (Lipinski definition) is 2. The molecule has 0 aromatic heterocycles. The van der Waals surface area contributed by atoms with Crippen molar-refractivity contribution in [1.29, 1.82) is 0 Å². The van der Waals surface area contributed by atoms with Gasteiger partial charge in [-0.3, -0.25) is 0 Å².